The summed E-state index contributed by atoms with van der Waals surface area (Å²) in [7, 11) is 3.68. The molecule has 0 saturated heterocycles. The Kier molecular flexibility index (Phi) is 4.90. The summed E-state index contributed by atoms with van der Waals surface area (Å²) in [5.41, 5.74) is 0. The average molecular weight is 209 g/mol. The summed E-state index contributed by atoms with van der Waals surface area (Å²) < 4.78 is 5.25. The van der Waals surface area contributed by atoms with Crippen LogP contribution in [0.1, 0.15) is 6.92 Å². The largest absolute Gasteiger partial charge is 0.493 e. The van der Waals surface area contributed by atoms with Crippen LogP contribution in [0.2, 0.25) is 0 Å². The van der Waals surface area contributed by atoms with Crippen LogP contribution in [0.5, 0.6) is 5.75 Å². The van der Waals surface area contributed by atoms with E-state index in [1.165, 1.54) is 0 Å². The Morgan fingerprint density at radius 1 is 1.53 bits per heavy atom. The first-order valence-corrected chi connectivity index (χ1v) is 5.20. The number of methoxy groups -OCH3 is 1. The summed E-state index contributed by atoms with van der Waals surface area (Å²) in [4.78, 5) is 6.39. The van der Waals surface area contributed by atoms with Crippen molar-refractivity contribution < 1.29 is 4.74 Å². The first-order chi connectivity index (χ1) is 7.29. The molecule has 15 heavy (non-hydrogen) atoms. The molecule has 0 atom stereocenters. The van der Waals surface area contributed by atoms with Crippen molar-refractivity contribution in [2.75, 3.05) is 38.7 Å². The van der Waals surface area contributed by atoms with Crippen molar-refractivity contribution in [2.24, 2.45) is 0 Å². The van der Waals surface area contributed by atoms with E-state index in [4.69, 9.17) is 4.74 Å². The topological polar surface area (TPSA) is 37.4 Å². The predicted octanol–water partition coefficient (Wildman–Crippen LogP) is 1.14. The van der Waals surface area contributed by atoms with E-state index in [0.29, 0.717) is 0 Å². The molecule has 84 valence electrons. The minimum Gasteiger partial charge on any atom is -0.493 e. The van der Waals surface area contributed by atoms with Crippen LogP contribution in [0.4, 0.5) is 5.82 Å². The molecule has 0 radical (unpaired) electrons. The number of hydrogen-bond acceptors (Lipinski definition) is 4. The van der Waals surface area contributed by atoms with Crippen molar-refractivity contribution >= 4 is 5.82 Å². The molecule has 1 aromatic rings. The number of likely N-dealkylation sites (N-methyl/N-ethyl adjacent to an activating group) is 2. The first kappa shape index (κ1) is 11.8. The number of nitrogens with zero attached hydrogens (tertiary/aromatic N) is 2. The van der Waals surface area contributed by atoms with Crippen molar-refractivity contribution in [3.63, 3.8) is 0 Å². The fourth-order valence-corrected chi connectivity index (χ4v) is 1.36. The van der Waals surface area contributed by atoms with E-state index in [2.05, 4.69) is 22.1 Å². The molecule has 0 spiro atoms. The van der Waals surface area contributed by atoms with Gasteiger partial charge in [0.2, 0.25) is 0 Å². The molecule has 0 aliphatic heterocycles. The number of hydrogen-bond donors (Lipinski definition) is 1. The molecule has 0 saturated carbocycles. The number of pyridine rings is 1. The summed E-state index contributed by atoms with van der Waals surface area (Å²) in [6, 6.07) is 3.80. The number of nitrogens with one attached hydrogen (secondary N) is 1. The number of rotatable bonds is 6. The van der Waals surface area contributed by atoms with Gasteiger partial charge < -0.3 is 15.0 Å². The third-order valence-electron chi connectivity index (χ3n) is 2.21. The molecule has 0 fully saturated rings. The minimum atomic E-state index is 0.816. The molecule has 0 aliphatic rings. The lowest BCUT2D eigenvalue weighted by atomic mass is 10.4. The summed E-state index contributed by atoms with van der Waals surface area (Å²) in [6.45, 7) is 4.96. The van der Waals surface area contributed by atoms with E-state index in [-0.39, 0.29) is 0 Å². The lowest BCUT2D eigenvalue weighted by Gasteiger charge is -2.20. The standard InChI is InChI=1S/C11H19N3O/c1-4-12-8-9-14(2)11-10(15-3)6-5-7-13-11/h5-7,12H,4,8-9H2,1-3H3. The summed E-state index contributed by atoms with van der Waals surface area (Å²) >= 11 is 0. The van der Waals surface area contributed by atoms with Crippen molar-refractivity contribution in [1.82, 2.24) is 10.3 Å². The maximum absolute atomic E-state index is 5.25. The Morgan fingerprint density at radius 3 is 3.00 bits per heavy atom. The quantitative estimate of drug-likeness (QED) is 0.713. The minimum absolute atomic E-state index is 0.816. The molecule has 0 aromatic carbocycles. The van der Waals surface area contributed by atoms with Gasteiger partial charge in [0.15, 0.2) is 11.6 Å². The van der Waals surface area contributed by atoms with Crippen LogP contribution in [0.15, 0.2) is 18.3 Å². The van der Waals surface area contributed by atoms with Crippen LogP contribution in [-0.4, -0.2) is 38.8 Å². The van der Waals surface area contributed by atoms with E-state index in [9.17, 15) is 0 Å². The average Bonchev–Trinajstić information content (AvgIpc) is 2.29. The molecule has 1 N–H and O–H groups in total. The molecule has 1 rings (SSSR count). The Labute approximate surface area is 91.3 Å². The van der Waals surface area contributed by atoms with Gasteiger partial charge in [-0.05, 0) is 18.7 Å². The summed E-state index contributed by atoms with van der Waals surface area (Å²) in [6.07, 6.45) is 1.78. The molecule has 1 heterocycles. The second-order valence-electron chi connectivity index (χ2n) is 3.30. The molecule has 0 amide bonds. The van der Waals surface area contributed by atoms with Crippen LogP contribution < -0.4 is 15.0 Å². The zero-order valence-electron chi connectivity index (χ0n) is 9.66. The van der Waals surface area contributed by atoms with Crippen LogP contribution >= 0.6 is 0 Å². The van der Waals surface area contributed by atoms with Crippen molar-refractivity contribution in [3.8, 4) is 5.75 Å². The maximum atomic E-state index is 5.25. The number of anilines is 1. The monoisotopic (exact) mass is 209 g/mol. The van der Waals surface area contributed by atoms with Gasteiger partial charge in [0.05, 0.1) is 7.11 Å². The molecular formula is C11H19N3O. The first-order valence-electron chi connectivity index (χ1n) is 5.20. The van der Waals surface area contributed by atoms with Gasteiger partial charge in [-0.1, -0.05) is 6.92 Å². The highest BCUT2D eigenvalue weighted by atomic mass is 16.5. The van der Waals surface area contributed by atoms with Gasteiger partial charge in [-0.3, -0.25) is 0 Å². The number of ether oxygens (including phenoxy) is 1. The second-order valence-corrected chi connectivity index (χ2v) is 3.30. The third kappa shape index (κ3) is 3.40. The Hall–Kier alpha value is -1.29. The highest BCUT2D eigenvalue weighted by molar-refractivity contribution is 5.51. The van der Waals surface area contributed by atoms with E-state index in [0.717, 1.165) is 31.2 Å². The second kappa shape index (κ2) is 6.24. The van der Waals surface area contributed by atoms with Crippen LogP contribution in [0.3, 0.4) is 0 Å². The Balaban J connectivity index is 2.59. The fraction of sp³-hybridized carbons (Fsp3) is 0.545. The third-order valence-corrected chi connectivity index (χ3v) is 2.21. The van der Waals surface area contributed by atoms with Gasteiger partial charge in [-0.2, -0.15) is 0 Å². The van der Waals surface area contributed by atoms with E-state index in [1.807, 2.05) is 19.2 Å². The van der Waals surface area contributed by atoms with Gasteiger partial charge in [0, 0.05) is 26.3 Å². The highest BCUT2D eigenvalue weighted by Gasteiger charge is 2.07. The van der Waals surface area contributed by atoms with Gasteiger partial charge >= 0.3 is 0 Å². The van der Waals surface area contributed by atoms with Gasteiger partial charge in [0.1, 0.15) is 0 Å². The van der Waals surface area contributed by atoms with Crippen LogP contribution in [0.25, 0.3) is 0 Å². The zero-order valence-corrected chi connectivity index (χ0v) is 9.66. The molecule has 4 nitrogen and oxygen atoms in total. The zero-order chi connectivity index (χ0) is 11.1. The van der Waals surface area contributed by atoms with Crippen molar-refractivity contribution in [2.45, 2.75) is 6.92 Å². The smallest absolute Gasteiger partial charge is 0.171 e. The summed E-state index contributed by atoms with van der Waals surface area (Å²) in [5, 5.41) is 3.28. The van der Waals surface area contributed by atoms with E-state index < -0.39 is 0 Å². The lowest BCUT2D eigenvalue weighted by Crippen LogP contribution is -2.29. The predicted molar refractivity (Wildman–Crippen MR) is 62.6 cm³/mol. The molecule has 1 aromatic heterocycles. The van der Waals surface area contributed by atoms with Gasteiger partial charge in [-0.25, -0.2) is 4.98 Å². The lowest BCUT2D eigenvalue weighted by molar-refractivity contribution is 0.413. The highest BCUT2D eigenvalue weighted by Crippen LogP contribution is 2.22. The van der Waals surface area contributed by atoms with E-state index >= 15 is 0 Å². The molecule has 4 heteroatoms. The Morgan fingerprint density at radius 2 is 2.33 bits per heavy atom. The van der Waals surface area contributed by atoms with Gasteiger partial charge in [-0.15, -0.1) is 0 Å². The normalized spacial score (nSPS) is 10.1. The number of aromatic nitrogens is 1. The molecule has 0 aliphatic carbocycles. The van der Waals surface area contributed by atoms with Crippen LogP contribution in [-0.2, 0) is 0 Å². The molecular weight excluding hydrogens is 190 g/mol. The van der Waals surface area contributed by atoms with Crippen LogP contribution in [0, 0.1) is 0 Å². The molecule has 0 bridgehead atoms. The summed E-state index contributed by atoms with van der Waals surface area (Å²) in [5.74, 6) is 1.70. The molecule has 0 unspecified atom stereocenters. The van der Waals surface area contributed by atoms with E-state index in [1.54, 1.807) is 13.3 Å². The van der Waals surface area contributed by atoms with Crippen molar-refractivity contribution in [3.05, 3.63) is 18.3 Å². The maximum Gasteiger partial charge on any atom is 0.171 e. The fourth-order valence-electron chi connectivity index (χ4n) is 1.36. The Bertz CT molecular complexity index is 291. The van der Waals surface area contributed by atoms with Crippen molar-refractivity contribution in [1.29, 1.82) is 0 Å². The SMILES string of the molecule is CCNCCN(C)c1ncccc1OC. The van der Waals surface area contributed by atoms with Gasteiger partial charge in [0.25, 0.3) is 0 Å².